The fourth-order valence-corrected chi connectivity index (χ4v) is 1.90. The van der Waals surface area contributed by atoms with Gasteiger partial charge in [0.2, 0.25) is 0 Å². The number of carbonyl (C=O) groups is 1. The maximum Gasteiger partial charge on any atom is 0.338 e. The van der Waals surface area contributed by atoms with E-state index < -0.39 is 5.97 Å². The van der Waals surface area contributed by atoms with E-state index in [4.69, 9.17) is 9.84 Å². The summed E-state index contributed by atoms with van der Waals surface area (Å²) in [5.74, 6) is -1.03. The first kappa shape index (κ1) is 16.4. The highest BCUT2D eigenvalue weighted by Crippen LogP contribution is 2.09. The average molecular weight is 280 g/mol. The van der Waals surface area contributed by atoms with Crippen LogP contribution in [0.1, 0.15) is 68.6 Å². The SMILES string of the molecule is CCCCCCCCCCOc1ncc(C(=O)O)cn1. The zero-order chi connectivity index (χ0) is 14.6. The number of nitrogens with zero attached hydrogens (tertiary/aromatic N) is 2. The van der Waals surface area contributed by atoms with Gasteiger partial charge in [0.15, 0.2) is 0 Å². The van der Waals surface area contributed by atoms with E-state index in [2.05, 4.69) is 16.9 Å². The van der Waals surface area contributed by atoms with E-state index in [1.165, 1.54) is 50.9 Å². The van der Waals surface area contributed by atoms with E-state index in [1.54, 1.807) is 0 Å². The molecule has 0 amide bonds. The summed E-state index contributed by atoms with van der Waals surface area (Å²) in [4.78, 5) is 18.3. The fourth-order valence-electron chi connectivity index (χ4n) is 1.90. The summed E-state index contributed by atoms with van der Waals surface area (Å²) < 4.78 is 5.37. The molecule has 0 aliphatic carbocycles. The fraction of sp³-hybridized carbons (Fsp3) is 0.667. The Morgan fingerprint density at radius 1 is 1.05 bits per heavy atom. The van der Waals surface area contributed by atoms with Gasteiger partial charge in [0.05, 0.1) is 12.2 Å². The second-order valence-corrected chi connectivity index (χ2v) is 4.88. The van der Waals surface area contributed by atoms with Crippen LogP contribution in [0.5, 0.6) is 6.01 Å². The monoisotopic (exact) mass is 280 g/mol. The summed E-state index contributed by atoms with van der Waals surface area (Å²) in [6.45, 7) is 2.81. The Morgan fingerprint density at radius 3 is 2.15 bits per heavy atom. The van der Waals surface area contributed by atoms with Crippen LogP contribution in [-0.4, -0.2) is 27.7 Å². The zero-order valence-corrected chi connectivity index (χ0v) is 12.2. The van der Waals surface area contributed by atoms with Crippen LogP contribution in [0.4, 0.5) is 0 Å². The third-order valence-electron chi connectivity index (χ3n) is 3.10. The van der Waals surface area contributed by atoms with Crippen molar-refractivity contribution in [1.82, 2.24) is 9.97 Å². The topological polar surface area (TPSA) is 72.3 Å². The summed E-state index contributed by atoms with van der Waals surface area (Å²) in [5.41, 5.74) is 0.0735. The van der Waals surface area contributed by atoms with Gasteiger partial charge in [0, 0.05) is 12.4 Å². The second kappa shape index (κ2) is 10.2. The average Bonchev–Trinajstić information content (AvgIpc) is 2.46. The highest BCUT2D eigenvalue weighted by atomic mass is 16.5. The van der Waals surface area contributed by atoms with Crippen LogP contribution < -0.4 is 4.74 Å². The molecule has 0 unspecified atom stereocenters. The van der Waals surface area contributed by atoms with E-state index in [9.17, 15) is 4.79 Å². The summed E-state index contributed by atoms with van der Waals surface area (Å²) in [7, 11) is 0. The number of carboxylic acid groups (broad SMARTS) is 1. The lowest BCUT2D eigenvalue weighted by Crippen LogP contribution is -2.03. The molecule has 1 heterocycles. The number of aromatic carboxylic acids is 1. The minimum atomic E-state index is -1.03. The minimum absolute atomic E-state index is 0.0735. The molecule has 5 nitrogen and oxygen atoms in total. The molecule has 0 radical (unpaired) electrons. The van der Waals surface area contributed by atoms with Crippen molar-refractivity contribution in [2.24, 2.45) is 0 Å². The molecule has 0 aliphatic rings. The summed E-state index contributed by atoms with van der Waals surface area (Å²) in [6.07, 6.45) is 12.5. The Bertz CT molecular complexity index is 379. The third-order valence-corrected chi connectivity index (χ3v) is 3.10. The van der Waals surface area contributed by atoms with Gasteiger partial charge < -0.3 is 9.84 Å². The number of carboxylic acids is 1. The number of unbranched alkanes of at least 4 members (excludes halogenated alkanes) is 7. The van der Waals surface area contributed by atoms with Gasteiger partial charge in [-0.1, -0.05) is 51.9 Å². The Morgan fingerprint density at radius 2 is 1.60 bits per heavy atom. The van der Waals surface area contributed by atoms with Crippen molar-refractivity contribution in [3.63, 3.8) is 0 Å². The molecule has 0 saturated heterocycles. The smallest absolute Gasteiger partial charge is 0.338 e. The van der Waals surface area contributed by atoms with Crippen LogP contribution in [0.15, 0.2) is 12.4 Å². The maximum absolute atomic E-state index is 10.6. The predicted octanol–water partition coefficient (Wildman–Crippen LogP) is 3.69. The summed E-state index contributed by atoms with van der Waals surface area (Å²) in [5, 5.41) is 8.71. The number of ether oxygens (including phenoxy) is 1. The van der Waals surface area contributed by atoms with Gasteiger partial charge in [0.1, 0.15) is 0 Å². The first-order chi connectivity index (χ1) is 9.74. The largest absolute Gasteiger partial charge is 0.478 e. The van der Waals surface area contributed by atoms with E-state index in [0.29, 0.717) is 6.61 Å². The molecular weight excluding hydrogens is 256 g/mol. The molecule has 1 N–H and O–H groups in total. The number of hydrogen-bond acceptors (Lipinski definition) is 4. The van der Waals surface area contributed by atoms with Crippen molar-refractivity contribution in [3.05, 3.63) is 18.0 Å². The van der Waals surface area contributed by atoms with Crippen molar-refractivity contribution in [2.45, 2.75) is 58.3 Å². The third kappa shape index (κ3) is 7.07. The molecule has 1 aromatic rings. The van der Waals surface area contributed by atoms with Crippen LogP contribution in [-0.2, 0) is 0 Å². The van der Waals surface area contributed by atoms with Crippen molar-refractivity contribution < 1.29 is 14.6 Å². The van der Waals surface area contributed by atoms with Crippen molar-refractivity contribution in [3.8, 4) is 6.01 Å². The van der Waals surface area contributed by atoms with Crippen molar-refractivity contribution in [2.75, 3.05) is 6.61 Å². The van der Waals surface area contributed by atoms with Gasteiger partial charge in [0.25, 0.3) is 0 Å². The number of rotatable bonds is 11. The first-order valence-electron chi connectivity index (χ1n) is 7.42. The van der Waals surface area contributed by atoms with Crippen LogP contribution in [0.3, 0.4) is 0 Å². The molecule has 0 spiro atoms. The molecule has 5 heteroatoms. The highest BCUT2D eigenvalue weighted by molar-refractivity contribution is 5.86. The Kier molecular flexibility index (Phi) is 8.35. The molecule has 0 aliphatic heterocycles. The van der Waals surface area contributed by atoms with Gasteiger partial charge >= 0.3 is 12.0 Å². The number of aromatic nitrogens is 2. The van der Waals surface area contributed by atoms with Gasteiger partial charge in [-0.05, 0) is 6.42 Å². The minimum Gasteiger partial charge on any atom is -0.478 e. The quantitative estimate of drug-likeness (QED) is 0.626. The van der Waals surface area contributed by atoms with E-state index >= 15 is 0 Å². The van der Waals surface area contributed by atoms with Crippen LogP contribution in [0.25, 0.3) is 0 Å². The molecular formula is C15H24N2O3. The van der Waals surface area contributed by atoms with E-state index in [-0.39, 0.29) is 11.6 Å². The predicted molar refractivity (Wildman–Crippen MR) is 77.1 cm³/mol. The summed E-state index contributed by atoms with van der Waals surface area (Å²) in [6, 6.07) is 0.248. The van der Waals surface area contributed by atoms with Gasteiger partial charge in [-0.2, -0.15) is 0 Å². The Labute approximate surface area is 120 Å². The number of hydrogen-bond donors (Lipinski definition) is 1. The van der Waals surface area contributed by atoms with Gasteiger partial charge in [-0.25, -0.2) is 14.8 Å². The lowest BCUT2D eigenvalue weighted by molar-refractivity contribution is 0.0695. The first-order valence-corrected chi connectivity index (χ1v) is 7.42. The lowest BCUT2D eigenvalue weighted by atomic mass is 10.1. The molecule has 1 aromatic heterocycles. The molecule has 20 heavy (non-hydrogen) atoms. The maximum atomic E-state index is 10.6. The van der Waals surface area contributed by atoms with Crippen molar-refractivity contribution in [1.29, 1.82) is 0 Å². The molecule has 112 valence electrons. The normalized spacial score (nSPS) is 10.4. The molecule has 0 bridgehead atoms. The zero-order valence-electron chi connectivity index (χ0n) is 12.2. The molecule has 0 atom stereocenters. The van der Waals surface area contributed by atoms with Crippen LogP contribution >= 0.6 is 0 Å². The van der Waals surface area contributed by atoms with Crippen molar-refractivity contribution >= 4 is 5.97 Å². The highest BCUT2D eigenvalue weighted by Gasteiger charge is 2.04. The second-order valence-electron chi connectivity index (χ2n) is 4.88. The molecule has 0 saturated carbocycles. The Balaban J connectivity index is 2.02. The standard InChI is InChI=1S/C15H24N2O3/c1-2-3-4-5-6-7-8-9-10-20-15-16-11-13(12-17-15)14(18)19/h11-12H,2-10H2,1H3,(H,18,19). The van der Waals surface area contributed by atoms with Crippen LogP contribution in [0.2, 0.25) is 0 Å². The summed E-state index contributed by atoms with van der Waals surface area (Å²) >= 11 is 0. The van der Waals surface area contributed by atoms with Gasteiger partial charge in [-0.3, -0.25) is 0 Å². The molecule has 0 fully saturated rings. The molecule has 0 aromatic carbocycles. The van der Waals surface area contributed by atoms with Crippen LogP contribution in [0, 0.1) is 0 Å². The van der Waals surface area contributed by atoms with Gasteiger partial charge in [-0.15, -0.1) is 0 Å². The lowest BCUT2D eigenvalue weighted by Gasteiger charge is -2.04. The molecule has 1 rings (SSSR count). The Hall–Kier alpha value is -1.65. The van der Waals surface area contributed by atoms with E-state index in [0.717, 1.165) is 12.8 Å². The van der Waals surface area contributed by atoms with E-state index in [1.807, 2.05) is 0 Å².